The number of ether oxygens (including phenoxy) is 1. The first-order valence-corrected chi connectivity index (χ1v) is 7.92. The molecule has 0 aliphatic carbocycles. The number of benzene rings is 1. The molecule has 0 saturated carbocycles. The zero-order chi connectivity index (χ0) is 15.5. The third-order valence-corrected chi connectivity index (χ3v) is 2.70. The van der Waals surface area contributed by atoms with Crippen molar-refractivity contribution in [1.82, 2.24) is 0 Å². The van der Waals surface area contributed by atoms with Gasteiger partial charge in [-0.05, 0) is 18.6 Å². The number of methoxy groups -OCH3 is 1. The molecule has 0 atom stereocenters. The quantitative estimate of drug-likeness (QED) is 0.658. The first-order chi connectivity index (χ1) is 8.84. The molecule has 6 heteroatoms. The van der Waals surface area contributed by atoms with Crippen molar-refractivity contribution in [3.63, 3.8) is 0 Å². The monoisotopic (exact) mass is 288 g/mol. The highest BCUT2D eigenvalue weighted by molar-refractivity contribution is 7.89. The van der Waals surface area contributed by atoms with Crippen LogP contribution in [0.5, 0.6) is 5.75 Å². The maximum atomic E-state index is 11.1. The molecule has 1 rings (SSSR count). The molecule has 19 heavy (non-hydrogen) atoms. The van der Waals surface area contributed by atoms with Crippen molar-refractivity contribution >= 4 is 16.2 Å². The van der Waals surface area contributed by atoms with Crippen LogP contribution in [0.1, 0.15) is 25.0 Å². The summed E-state index contributed by atoms with van der Waals surface area (Å²) in [6.07, 6.45) is 1.96. The Morgan fingerprint density at radius 3 is 2.21 bits per heavy atom. The van der Waals surface area contributed by atoms with E-state index in [0.29, 0.717) is 11.3 Å². The SMILES string of the molecule is CC.COc1cc(C)ccc1CS(C)(=O)=O.N=CN. The van der Waals surface area contributed by atoms with Gasteiger partial charge in [-0.3, -0.25) is 5.41 Å². The number of rotatable bonds is 3. The van der Waals surface area contributed by atoms with E-state index in [1.54, 1.807) is 13.2 Å². The van der Waals surface area contributed by atoms with Crippen LogP contribution < -0.4 is 10.5 Å². The smallest absolute Gasteiger partial charge is 0.151 e. The molecule has 1 aromatic carbocycles. The predicted molar refractivity (Wildman–Crippen MR) is 80.6 cm³/mol. The van der Waals surface area contributed by atoms with E-state index in [9.17, 15) is 8.42 Å². The van der Waals surface area contributed by atoms with Crippen LogP contribution in [-0.2, 0) is 15.6 Å². The molecule has 0 bridgehead atoms. The summed E-state index contributed by atoms with van der Waals surface area (Å²) in [6.45, 7) is 5.94. The highest BCUT2D eigenvalue weighted by Crippen LogP contribution is 2.21. The van der Waals surface area contributed by atoms with Gasteiger partial charge < -0.3 is 10.5 Å². The molecular weight excluding hydrogens is 264 g/mol. The van der Waals surface area contributed by atoms with Gasteiger partial charge in [-0.15, -0.1) is 0 Å². The molecule has 1 aromatic rings. The van der Waals surface area contributed by atoms with Gasteiger partial charge in [0.25, 0.3) is 0 Å². The molecule has 110 valence electrons. The Morgan fingerprint density at radius 1 is 1.37 bits per heavy atom. The lowest BCUT2D eigenvalue weighted by Gasteiger charge is -2.08. The van der Waals surface area contributed by atoms with Gasteiger partial charge in [-0.25, -0.2) is 8.42 Å². The van der Waals surface area contributed by atoms with Gasteiger partial charge in [-0.2, -0.15) is 0 Å². The topological polar surface area (TPSA) is 93.2 Å². The third kappa shape index (κ3) is 10.1. The van der Waals surface area contributed by atoms with Crippen molar-refractivity contribution in [2.24, 2.45) is 5.73 Å². The summed E-state index contributed by atoms with van der Waals surface area (Å²) in [5.41, 5.74) is 6.15. The Bertz CT molecular complexity index is 471. The normalized spacial score (nSPS) is 9.32. The minimum atomic E-state index is -3.00. The molecule has 0 amide bonds. The van der Waals surface area contributed by atoms with Gasteiger partial charge in [0.05, 0.1) is 19.2 Å². The van der Waals surface area contributed by atoms with Crippen molar-refractivity contribution in [2.75, 3.05) is 13.4 Å². The lowest BCUT2D eigenvalue weighted by atomic mass is 10.1. The zero-order valence-electron chi connectivity index (χ0n) is 12.2. The molecule has 0 spiro atoms. The summed E-state index contributed by atoms with van der Waals surface area (Å²) in [6, 6.07) is 5.50. The second-order valence-electron chi connectivity index (χ2n) is 3.55. The van der Waals surface area contributed by atoms with Crippen molar-refractivity contribution < 1.29 is 13.2 Å². The molecule has 5 nitrogen and oxygen atoms in total. The average Bonchev–Trinajstić information content (AvgIpc) is 2.33. The number of hydrogen-bond donors (Lipinski definition) is 2. The van der Waals surface area contributed by atoms with Crippen LogP contribution in [0.25, 0.3) is 0 Å². The van der Waals surface area contributed by atoms with Gasteiger partial charge >= 0.3 is 0 Å². The van der Waals surface area contributed by atoms with Crippen molar-refractivity contribution in [3.8, 4) is 5.75 Å². The van der Waals surface area contributed by atoms with E-state index in [2.05, 4.69) is 5.73 Å². The molecule has 0 unspecified atom stereocenters. The molecule has 0 heterocycles. The highest BCUT2D eigenvalue weighted by Gasteiger charge is 2.09. The molecule has 0 saturated heterocycles. The average molecular weight is 288 g/mol. The Hall–Kier alpha value is -1.56. The van der Waals surface area contributed by atoms with Gasteiger partial charge in [0.1, 0.15) is 5.75 Å². The van der Waals surface area contributed by atoms with Crippen LogP contribution in [0.2, 0.25) is 0 Å². The van der Waals surface area contributed by atoms with Gasteiger partial charge in [0, 0.05) is 11.8 Å². The van der Waals surface area contributed by atoms with E-state index in [1.807, 2.05) is 32.9 Å². The molecule has 0 radical (unpaired) electrons. The predicted octanol–water partition coefficient (Wildman–Crippen LogP) is 2.13. The van der Waals surface area contributed by atoms with Crippen LogP contribution in [0.15, 0.2) is 18.2 Å². The van der Waals surface area contributed by atoms with Crippen molar-refractivity contribution in [1.29, 1.82) is 5.41 Å². The van der Waals surface area contributed by atoms with Crippen molar-refractivity contribution in [2.45, 2.75) is 26.5 Å². The van der Waals surface area contributed by atoms with Gasteiger partial charge in [-0.1, -0.05) is 26.0 Å². The van der Waals surface area contributed by atoms with Crippen molar-refractivity contribution in [3.05, 3.63) is 29.3 Å². The summed E-state index contributed by atoms with van der Waals surface area (Å²) in [5.74, 6) is 0.659. The van der Waals surface area contributed by atoms with Crippen LogP contribution >= 0.6 is 0 Å². The van der Waals surface area contributed by atoms with E-state index < -0.39 is 9.84 Å². The minimum absolute atomic E-state index is 0.0243. The summed E-state index contributed by atoms with van der Waals surface area (Å²) in [7, 11) is -1.46. The molecule has 0 aliphatic heterocycles. The maximum absolute atomic E-state index is 11.1. The van der Waals surface area contributed by atoms with Crippen LogP contribution in [0.3, 0.4) is 0 Å². The van der Waals surface area contributed by atoms with Crippen LogP contribution in [-0.4, -0.2) is 28.1 Å². The van der Waals surface area contributed by atoms with Gasteiger partial charge in [0.2, 0.25) is 0 Å². The van der Waals surface area contributed by atoms with E-state index in [-0.39, 0.29) is 5.75 Å². The van der Waals surface area contributed by atoms with E-state index in [0.717, 1.165) is 11.9 Å². The Labute approximate surface area is 116 Å². The molecule has 0 aromatic heterocycles. The first kappa shape index (κ1) is 19.8. The number of sulfone groups is 1. The second kappa shape index (κ2) is 10.4. The third-order valence-electron chi connectivity index (χ3n) is 1.86. The second-order valence-corrected chi connectivity index (χ2v) is 5.69. The Kier molecular flexibility index (Phi) is 10.8. The first-order valence-electron chi connectivity index (χ1n) is 5.86. The zero-order valence-corrected chi connectivity index (χ0v) is 13.0. The summed E-state index contributed by atoms with van der Waals surface area (Å²) < 4.78 is 27.3. The lowest BCUT2D eigenvalue weighted by molar-refractivity contribution is 0.410. The van der Waals surface area contributed by atoms with Crippen LogP contribution in [0, 0.1) is 12.3 Å². The van der Waals surface area contributed by atoms with E-state index in [1.165, 1.54) is 6.26 Å². The standard InChI is InChI=1S/C10H14O3S.C2H6.CH4N2/c1-8-4-5-9(7-14(3,11)12)10(6-8)13-2;1-2;2-1-3/h4-6H,7H2,1-3H3;1-2H3;1H,(H3,2,3). The fourth-order valence-corrected chi connectivity index (χ4v) is 2.06. The summed E-state index contributed by atoms with van der Waals surface area (Å²) >= 11 is 0. The largest absolute Gasteiger partial charge is 0.496 e. The fraction of sp³-hybridized carbons (Fsp3) is 0.462. The maximum Gasteiger partial charge on any atom is 0.151 e. The lowest BCUT2D eigenvalue weighted by Crippen LogP contribution is -2.02. The highest BCUT2D eigenvalue weighted by atomic mass is 32.2. The number of hydrogen-bond acceptors (Lipinski definition) is 4. The summed E-state index contributed by atoms with van der Waals surface area (Å²) in [5, 5.41) is 5.86. The van der Waals surface area contributed by atoms with E-state index >= 15 is 0 Å². The number of aryl methyl sites for hydroxylation is 1. The molecule has 0 aliphatic rings. The Morgan fingerprint density at radius 2 is 1.84 bits per heavy atom. The number of nitrogens with one attached hydrogen (secondary N) is 1. The fourth-order valence-electron chi connectivity index (χ4n) is 1.25. The molecule has 3 N–H and O–H groups in total. The summed E-state index contributed by atoms with van der Waals surface area (Å²) in [4.78, 5) is 0. The molecule has 0 fully saturated rings. The minimum Gasteiger partial charge on any atom is -0.496 e. The van der Waals surface area contributed by atoms with Gasteiger partial charge in [0.15, 0.2) is 9.84 Å². The number of nitrogens with two attached hydrogens (primary N) is 1. The Balaban J connectivity index is 0. The van der Waals surface area contributed by atoms with Crippen LogP contribution in [0.4, 0.5) is 0 Å². The van der Waals surface area contributed by atoms with E-state index in [4.69, 9.17) is 10.1 Å². The molecular formula is C13H24N2O3S.